The molecule has 1 amide bonds. The van der Waals surface area contributed by atoms with Crippen molar-refractivity contribution in [2.45, 2.75) is 43.0 Å². The number of carboxylic acids is 1. The third kappa shape index (κ3) is 3.71. The highest BCUT2D eigenvalue weighted by Crippen LogP contribution is 2.32. The van der Waals surface area contributed by atoms with Gasteiger partial charge in [0, 0.05) is 18.7 Å². The lowest BCUT2D eigenvalue weighted by molar-refractivity contribution is -0.148. The summed E-state index contributed by atoms with van der Waals surface area (Å²) in [5.41, 5.74) is -0.481. The van der Waals surface area contributed by atoms with E-state index in [1.165, 1.54) is 10.4 Å². The van der Waals surface area contributed by atoms with Crippen LogP contribution in [0.2, 0.25) is 0 Å². The predicted octanol–water partition coefficient (Wildman–Crippen LogP) is 1.01. The van der Waals surface area contributed by atoms with Gasteiger partial charge in [0.05, 0.1) is 18.1 Å². The minimum Gasteiger partial charge on any atom is -0.480 e. The molecule has 1 aliphatic carbocycles. The minimum absolute atomic E-state index is 0.0949. The lowest BCUT2D eigenvalue weighted by Gasteiger charge is -2.38. The number of aliphatic carboxylic acids is 1. The Kier molecular flexibility index (Phi) is 5.55. The van der Waals surface area contributed by atoms with Gasteiger partial charge in [-0.3, -0.25) is 4.79 Å². The predicted molar refractivity (Wildman–Crippen MR) is 97.1 cm³/mol. The van der Waals surface area contributed by atoms with Crippen LogP contribution < -0.4 is 5.32 Å². The fourth-order valence-electron chi connectivity index (χ4n) is 3.37. The Morgan fingerprint density at radius 1 is 1.26 bits per heavy atom. The number of hydrogen-bond donors (Lipinski definition) is 2. The maximum Gasteiger partial charge on any atom is 0.329 e. The molecule has 0 bridgehead atoms. The summed E-state index contributed by atoms with van der Waals surface area (Å²) in [6.07, 6.45) is 1.98. The zero-order valence-corrected chi connectivity index (χ0v) is 16.0. The lowest BCUT2D eigenvalue weighted by Crippen LogP contribution is -2.59. The quantitative estimate of drug-likeness (QED) is 0.742. The van der Waals surface area contributed by atoms with Crippen molar-refractivity contribution in [3.05, 3.63) is 29.3 Å². The van der Waals surface area contributed by atoms with Gasteiger partial charge in [-0.2, -0.15) is 4.31 Å². The van der Waals surface area contributed by atoms with E-state index in [1.54, 1.807) is 12.1 Å². The van der Waals surface area contributed by atoms with Crippen molar-refractivity contribution < 1.29 is 27.9 Å². The smallest absolute Gasteiger partial charge is 0.329 e. The first kappa shape index (κ1) is 19.8. The summed E-state index contributed by atoms with van der Waals surface area (Å²) in [4.78, 5) is 24.2. The van der Waals surface area contributed by atoms with Gasteiger partial charge in [-0.25, -0.2) is 13.2 Å². The molecule has 1 heterocycles. The zero-order chi connectivity index (χ0) is 19.7. The lowest BCUT2D eigenvalue weighted by atomic mass is 9.76. The van der Waals surface area contributed by atoms with Gasteiger partial charge >= 0.3 is 5.97 Å². The van der Waals surface area contributed by atoms with Gasteiger partial charge in [-0.1, -0.05) is 13.0 Å². The minimum atomic E-state index is -3.76. The number of hydrogen-bond acceptors (Lipinski definition) is 5. The van der Waals surface area contributed by atoms with E-state index >= 15 is 0 Å². The molecule has 27 heavy (non-hydrogen) atoms. The Labute approximate surface area is 158 Å². The second kappa shape index (κ2) is 7.57. The van der Waals surface area contributed by atoms with Gasteiger partial charge in [0.25, 0.3) is 5.91 Å². The van der Waals surface area contributed by atoms with Crippen molar-refractivity contribution in [3.63, 3.8) is 0 Å². The number of amides is 1. The Bertz CT molecular complexity index is 841. The first-order valence-corrected chi connectivity index (χ1v) is 10.5. The molecule has 1 aromatic rings. The molecule has 3 rings (SSSR count). The van der Waals surface area contributed by atoms with E-state index in [1.807, 2.05) is 6.92 Å². The summed E-state index contributed by atoms with van der Waals surface area (Å²) in [6.45, 7) is 3.05. The van der Waals surface area contributed by atoms with Crippen molar-refractivity contribution in [1.29, 1.82) is 0 Å². The Hall–Kier alpha value is -1.97. The normalized spacial score (nSPS) is 19.9. The molecular weight excluding hydrogens is 372 g/mol. The molecule has 0 unspecified atom stereocenters. The van der Waals surface area contributed by atoms with E-state index in [4.69, 9.17) is 4.74 Å². The standard InChI is InChI=1S/C18H24N2O6S/c1-2-13-4-5-14(16(21)19-18(17(22)23)6-3-7-18)12-15(13)27(24,25)20-8-10-26-11-9-20/h4-5,12H,2-3,6-11H2,1H3,(H,19,21)(H,22,23). The number of morpholine rings is 1. The summed E-state index contributed by atoms with van der Waals surface area (Å²) in [6, 6.07) is 4.52. The number of sulfonamides is 1. The van der Waals surface area contributed by atoms with Crippen LogP contribution in [0.3, 0.4) is 0 Å². The number of benzene rings is 1. The van der Waals surface area contributed by atoms with E-state index in [0.29, 0.717) is 38.0 Å². The van der Waals surface area contributed by atoms with E-state index in [-0.39, 0.29) is 23.5 Å². The summed E-state index contributed by atoms with van der Waals surface area (Å²) in [7, 11) is -3.76. The highest BCUT2D eigenvalue weighted by molar-refractivity contribution is 7.89. The van der Waals surface area contributed by atoms with Crippen LogP contribution in [-0.4, -0.2) is 61.5 Å². The molecule has 2 N–H and O–H groups in total. The summed E-state index contributed by atoms with van der Waals surface area (Å²) < 4.78 is 32.7. The molecule has 1 aromatic carbocycles. The van der Waals surface area contributed by atoms with Crippen LogP contribution in [0.1, 0.15) is 42.1 Å². The number of nitrogens with zero attached hydrogens (tertiary/aromatic N) is 1. The largest absolute Gasteiger partial charge is 0.480 e. The van der Waals surface area contributed by atoms with E-state index in [0.717, 1.165) is 6.42 Å². The van der Waals surface area contributed by atoms with Gasteiger partial charge in [-0.05, 0) is 43.4 Å². The van der Waals surface area contributed by atoms with Crippen LogP contribution in [0.15, 0.2) is 23.1 Å². The van der Waals surface area contributed by atoms with E-state index < -0.39 is 27.4 Å². The maximum atomic E-state index is 13.0. The molecule has 2 fully saturated rings. The Morgan fingerprint density at radius 3 is 2.44 bits per heavy atom. The molecule has 1 aliphatic heterocycles. The number of ether oxygens (including phenoxy) is 1. The van der Waals surface area contributed by atoms with E-state index in [9.17, 15) is 23.1 Å². The summed E-state index contributed by atoms with van der Waals surface area (Å²) >= 11 is 0. The number of carbonyl (C=O) groups is 2. The second-order valence-electron chi connectivity index (χ2n) is 6.89. The number of carboxylic acid groups (broad SMARTS) is 1. The van der Waals surface area contributed by atoms with Crippen molar-refractivity contribution in [3.8, 4) is 0 Å². The van der Waals surface area contributed by atoms with Crippen molar-refractivity contribution in [2.24, 2.45) is 0 Å². The average molecular weight is 396 g/mol. The third-order valence-electron chi connectivity index (χ3n) is 5.27. The monoisotopic (exact) mass is 396 g/mol. The molecule has 1 saturated carbocycles. The molecule has 0 aromatic heterocycles. The fraction of sp³-hybridized carbons (Fsp3) is 0.556. The van der Waals surface area contributed by atoms with E-state index in [2.05, 4.69) is 5.32 Å². The van der Waals surface area contributed by atoms with Crippen LogP contribution >= 0.6 is 0 Å². The summed E-state index contributed by atoms with van der Waals surface area (Å²) in [5.74, 6) is -1.63. The highest BCUT2D eigenvalue weighted by atomic mass is 32.2. The summed E-state index contributed by atoms with van der Waals surface area (Å²) in [5, 5.41) is 12.0. The molecule has 8 nitrogen and oxygen atoms in total. The third-order valence-corrected chi connectivity index (χ3v) is 7.25. The SMILES string of the molecule is CCc1ccc(C(=O)NC2(C(=O)O)CCC2)cc1S(=O)(=O)N1CCOCC1. The number of rotatable bonds is 6. The van der Waals surface area contributed by atoms with Crippen molar-refractivity contribution in [2.75, 3.05) is 26.3 Å². The van der Waals surface area contributed by atoms with Gasteiger partial charge in [0.1, 0.15) is 5.54 Å². The van der Waals surface area contributed by atoms with Crippen LogP contribution in [0.4, 0.5) is 0 Å². The first-order chi connectivity index (χ1) is 12.8. The molecule has 1 saturated heterocycles. The Morgan fingerprint density at radius 2 is 1.93 bits per heavy atom. The van der Waals surface area contributed by atoms with Crippen LogP contribution in [-0.2, 0) is 26.0 Å². The van der Waals surface area contributed by atoms with Gasteiger partial charge in [0.15, 0.2) is 0 Å². The maximum absolute atomic E-state index is 13.0. The number of nitrogens with one attached hydrogen (secondary N) is 1. The Balaban J connectivity index is 1.91. The van der Waals surface area contributed by atoms with Crippen LogP contribution in [0.5, 0.6) is 0 Å². The first-order valence-electron chi connectivity index (χ1n) is 9.07. The van der Waals surface area contributed by atoms with Crippen molar-refractivity contribution >= 4 is 21.9 Å². The van der Waals surface area contributed by atoms with Crippen LogP contribution in [0, 0.1) is 0 Å². The topological polar surface area (TPSA) is 113 Å². The highest BCUT2D eigenvalue weighted by Gasteiger charge is 2.45. The fourth-order valence-corrected chi connectivity index (χ4v) is 5.09. The second-order valence-corrected chi connectivity index (χ2v) is 8.79. The van der Waals surface area contributed by atoms with Crippen molar-refractivity contribution in [1.82, 2.24) is 9.62 Å². The molecule has 0 spiro atoms. The molecule has 148 valence electrons. The molecule has 2 aliphatic rings. The van der Waals surface area contributed by atoms with Gasteiger partial charge in [-0.15, -0.1) is 0 Å². The zero-order valence-electron chi connectivity index (χ0n) is 15.2. The average Bonchev–Trinajstić information content (AvgIpc) is 2.64. The van der Waals surface area contributed by atoms with Crippen LogP contribution in [0.25, 0.3) is 0 Å². The molecular formula is C18H24N2O6S. The number of aryl methyl sites for hydroxylation is 1. The molecule has 0 radical (unpaired) electrons. The molecule has 9 heteroatoms. The molecule has 0 atom stereocenters. The number of carbonyl (C=O) groups excluding carboxylic acids is 1. The van der Waals surface area contributed by atoms with Gasteiger partial charge < -0.3 is 15.2 Å². The van der Waals surface area contributed by atoms with Gasteiger partial charge in [0.2, 0.25) is 10.0 Å².